The Kier molecular flexibility index (Phi) is 8.36. The zero-order valence-electron chi connectivity index (χ0n) is 25.6. The third kappa shape index (κ3) is 4.04. The van der Waals surface area contributed by atoms with Crippen molar-refractivity contribution in [3.8, 4) is 0 Å². The maximum absolute atomic E-state index is 7.42. The summed E-state index contributed by atoms with van der Waals surface area (Å²) < 4.78 is 0.0347. The average Bonchev–Trinajstić information content (AvgIpc) is 3.44. The Bertz CT molecular complexity index is 2100. The first-order valence-electron chi connectivity index (χ1n) is 15.7. The van der Waals surface area contributed by atoms with Crippen LogP contribution >= 0.6 is 24.2 Å². The monoisotopic (exact) mass is 976 g/mol. The van der Waals surface area contributed by atoms with Crippen LogP contribution in [0.3, 0.4) is 0 Å². The van der Waals surface area contributed by atoms with Crippen LogP contribution in [0.5, 0.6) is 0 Å². The van der Waals surface area contributed by atoms with Gasteiger partial charge in [0.25, 0.3) is 0 Å². The van der Waals surface area contributed by atoms with Gasteiger partial charge in [0.2, 0.25) is 0 Å². The summed E-state index contributed by atoms with van der Waals surface area (Å²) in [6, 6.07) is 53.8. The van der Waals surface area contributed by atoms with Gasteiger partial charge in [-0.25, -0.2) is 0 Å². The van der Waals surface area contributed by atoms with Gasteiger partial charge >= 0.3 is 328 Å². The summed E-state index contributed by atoms with van der Waals surface area (Å²) in [5, 5.41) is 11.0. The zero-order chi connectivity index (χ0) is 32.8. The first kappa shape index (κ1) is 33.4. The van der Waals surface area contributed by atoms with Crippen LogP contribution in [0.15, 0.2) is 170 Å². The molecule has 3 aliphatic rings. The molecule has 0 nitrogen and oxygen atoms in total. The molecule has 6 aromatic carbocycles. The van der Waals surface area contributed by atoms with Gasteiger partial charge in [0.05, 0.1) is 0 Å². The van der Waals surface area contributed by atoms with Crippen molar-refractivity contribution in [1.29, 1.82) is 0 Å². The van der Waals surface area contributed by atoms with Crippen LogP contribution in [0.1, 0.15) is 0 Å². The molecule has 0 aromatic heterocycles. The first-order chi connectivity index (χ1) is 23.3. The number of fused-ring (bicyclic) bond motifs is 2. The molecule has 3 heterocycles. The van der Waals surface area contributed by atoms with E-state index in [1.165, 1.54) is 42.4 Å². The molecule has 48 heavy (non-hydrogen) atoms. The van der Waals surface area contributed by atoms with Crippen LogP contribution in [0.2, 0.25) is 0 Å². The Morgan fingerprint density at radius 1 is 0.292 bits per heavy atom. The van der Waals surface area contributed by atoms with E-state index in [1.807, 2.05) is 0 Å². The Morgan fingerprint density at radius 2 is 0.479 bits per heavy atom. The van der Waals surface area contributed by atoms with Gasteiger partial charge in [0, 0.05) is 0 Å². The fraction of sp³-hybridized carbons (Fsp3) is 0.0526. The third-order valence-electron chi connectivity index (χ3n) is 10.1. The molecule has 0 saturated carbocycles. The second-order valence-electron chi connectivity index (χ2n) is 12.4. The Hall–Kier alpha value is -0.483. The van der Waals surface area contributed by atoms with E-state index >= 15 is 0 Å². The van der Waals surface area contributed by atoms with Gasteiger partial charge in [-0.05, 0) is 0 Å². The number of benzene rings is 6. The summed E-state index contributed by atoms with van der Waals surface area (Å²) in [5.74, 6) is 0. The van der Waals surface area contributed by atoms with Crippen molar-refractivity contribution in [3.63, 3.8) is 0 Å². The molecular weight excluding hydrogens is 946 g/mol. The molecule has 1 fully saturated rings. The van der Waals surface area contributed by atoms with E-state index in [-0.39, 0.29) is 1.86 Å². The van der Waals surface area contributed by atoms with Gasteiger partial charge in [-0.3, -0.25) is 0 Å². The van der Waals surface area contributed by atoms with Gasteiger partial charge in [-0.2, -0.15) is 0 Å². The second-order valence-corrected chi connectivity index (χ2v) is 58.9. The number of rotatable bonds is 4. The maximum atomic E-state index is 7.42. The summed E-state index contributed by atoms with van der Waals surface area (Å²) in [5.41, 5.74) is 0. The van der Waals surface area contributed by atoms with Crippen molar-refractivity contribution in [1.82, 2.24) is 0 Å². The Balaban J connectivity index is 1.41. The Labute approximate surface area is 324 Å². The van der Waals surface area contributed by atoms with E-state index in [4.69, 9.17) is 47.2 Å². The summed E-state index contributed by atoms with van der Waals surface area (Å²) >= 11 is 26.5. The van der Waals surface area contributed by atoms with Crippen molar-refractivity contribution in [2.45, 2.75) is 1.86 Å². The molecular formula is C38H28P4S4Sn2. The molecule has 1 saturated heterocycles. The first-order valence-corrected chi connectivity index (χ1v) is 32.6. The molecule has 4 unspecified atom stereocenters. The fourth-order valence-corrected chi connectivity index (χ4v) is 115. The standard InChI is InChI=1S/2C19H14P2S2.2Sn/c2*22-20(16-9-3-1-4-10-16)15-21(23,17-11-5-2-6-12-17)19-14-8-7-13-18(19)20;;/h2*1-14H;;. The molecule has 3 aliphatic heterocycles. The van der Waals surface area contributed by atoms with E-state index in [0.29, 0.717) is 0 Å². The van der Waals surface area contributed by atoms with E-state index < -0.39 is 66.4 Å². The van der Waals surface area contributed by atoms with Crippen LogP contribution in [0.25, 0.3) is 0 Å². The fourth-order valence-electron chi connectivity index (χ4n) is 8.06. The van der Waals surface area contributed by atoms with Gasteiger partial charge in [-0.15, -0.1) is 0 Å². The van der Waals surface area contributed by atoms with Crippen molar-refractivity contribution in [2.24, 2.45) is 0 Å². The summed E-state index contributed by atoms with van der Waals surface area (Å²) in [6.07, 6.45) is 0. The third-order valence-corrected chi connectivity index (χ3v) is 89.5. The van der Waals surface area contributed by atoms with Gasteiger partial charge < -0.3 is 0 Å². The van der Waals surface area contributed by atoms with Gasteiger partial charge in [0.15, 0.2) is 0 Å². The summed E-state index contributed by atoms with van der Waals surface area (Å²) in [7, 11) is 0. The van der Waals surface area contributed by atoms with Crippen molar-refractivity contribution < 1.29 is 0 Å². The molecule has 10 heteroatoms. The van der Waals surface area contributed by atoms with Crippen molar-refractivity contribution >= 4 is 156 Å². The summed E-state index contributed by atoms with van der Waals surface area (Å²) in [4.78, 5) is 0. The zero-order valence-corrected chi connectivity index (χ0v) is 38.1. The summed E-state index contributed by atoms with van der Waals surface area (Å²) in [6.45, 7) is 0. The molecule has 4 atom stereocenters. The van der Waals surface area contributed by atoms with Crippen LogP contribution < -0.4 is 42.4 Å². The number of hydrogen-bond acceptors (Lipinski definition) is 4. The Morgan fingerprint density at radius 3 is 0.688 bits per heavy atom. The van der Waals surface area contributed by atoms with Crippen molar-refractivity contribution in [3.05, 3.63) is 170 Å². The molecule has 9 rings (SSSR count). The van der Waals surface area contributed by atoms with Crippen LogP contribution in [-0.4, -0.2) is 44.1 Å². The molecule has 4 radical (unpaired) electrons. The molecule has 2 spiro atoms. The molecule has 0 N–H and O–H groups in total. The van der Waals surface area contributed by atoms with Crippen molar-refractivity contribution in [2.75, 3.05) is 0 Å². The SMILES string of the molecule is S=P1(c2ccccc2)c2ccccc2P(=S)(c2ccccc2)[C]12[Sn][C]1([Sn]2)P(=S)(c2ccccc2)c2ccccc2P1(=S)c1ccccc1. The quantitative estimate of drug-likeness (QED) is 0.163. The topological polar surface area (TPSA) is 0 Å². The molecule has 0 bridgehead atoms. The van der Waals surface area contributed by atoms with Gasteiger partial charge in [0.1, 0.15) is 0 Å². The second kappa shape index (κ2) is 12.0. The van der Waals surface area contributed by atoms with E-state index in [0.717, 1.165) is 0 Å². The minimum atomic E-state index is -2.33. The van der Waals surface area contributed by atoms with Crippen LogP contribution in [-0.2, 0) is 47.2 Å². The van der Waals surface area contributed by atoms with Crippen LogP contribution in [0, 0.1) is 0 Å². The number of hydrogen-bond donors (Lipinski definition) is 0. The predicted octanol–water partition coefficient (Wildman–Crippen LogP) is 5.78. The van der Waals surface area contributed by atoms with E-state index in [1.54, 1.807) is 0 Å². The molecule has 6 aromatic rings. The minimum absolute atomic E-state index is 0.0174. The molecule has 232 valence electrons. The average molecular weight is 974 g/mol. The van der Waals surface area contributed by atoms with Crippen LogP contribution in [0.4, 0.5) is 0 Å². The normalized spacial score (nSPS) is 32.8. The van der Waals surface area contributed by atoms with E-state index in [9.17, 15) is 0 Å². The molecule has 0 aliphatic carbocycles. The van der Waals surface area contributed by atoms with Gasteiger partial charge in [-0.1, -0.05) is 0 Å². The van der Waals surface area contributed by atoms with E-state index in [2.05, 4.69) is 170 Å². The molecule has 0 amide bonds. The predicted molar refractivity (Wildman–Crippen MR) is 230 cm³/mol.